The molecule has 0 heterocycles. The smallest absolute Gasteiger partial charge is 0.449 e. The van der Waals surface area contributed by atoms with Gasteiger partial charge in [-0.1, -0.05) is 6.58 Å². The van der Waals surface area contributed by atoms with E-state index in [9.17, 15) is 9.18 Å². The van der Waals surface area contributed by atoms with Gasteiger partial charge in [0, 0.05) is 0 Å². The third-order valence-electron chi connectivity index (χ3n) is 0.381. The Labute approximate surface area is 45.4 Å². The van der Waals surface area contributed by atoms with Crippen LogP contribution in [0.4, 0.5) is 9.18 Å². The van der Waals surface area contributed by atoms with Crippen LogP contribution in [0.15, 0.2) is 12.3 Å². The molecule has 3 nitrogen and oxygen atoms in total. The highest BCUT2D eigenvalue weighted by atomic mass is 19.1. The van der Waals surface area contributed by atoms with Crippen molar-refractivity contribution in [2.24, 2.45) is 0 Å². The van der Waals surface area contributed by atoms with E-state index in [2.05, 4.69) is 11.3 Å². The van der Waals surface area contributed by atoms with Crippen molar-refractivity contribution in [1.82, 2.24) is 0 Å². The summed E-state index contributed by atoms with van der Waals surface area (Å²) in [7, 11) is 0. The first-order valence-corrected chi connectivity index (χ1v) is 1.81. The second-order valence-electron chi connectivity index (χ2n) is 1.04. The maximum Gasteiger partial charge on any atom is 0.511 e. The Morgan fingerprint density at radius 2 is 2.38 bits per heavy atom. The minimum Gasteiger partial charge on any atom is -0.449 e. The predicted molar refractivity (Wildman–Crippen MR) is 24.2 cm³/mol. The summed E-state index contributed by atoms with van der Waals surface area (Å²) in [4.78, 5) is 9.52. The molecule has 0 unspecified atom stereocenters. The highest BCUT2D eigenvalue weighted by molar-refractivity contribution is 5.58. The zero-order chi connectivity index (χ0) is 6.57. The Balaban J connectivity index is 3.40. The Bertz CT molecular complexity index is 110. The van der Waals surface area contributed by atoms with Gasteiger partial charge in [0.1, 0.15) is 12.4 Å². The number of hydrogen-bond donors (Lipinski definition) is 1. The Hall–Kier alpha value is -1.06. The van der Waals surface area contributed by atoms with Crippen molar-refractivity contribution < 1.29 is 19.0 Å². The van der Waals surface area contributed by atoms with E-state index in [4.69, 9.17) is 5.11 Å². The van der Waals surface area contributed by atoms with Gasteiger partial charge >= 0.3 is 6.16 Å². The van der Waals surface area contributed by atoms with Crippen LogP contribution in [0, 0.1) is 0 Å². The maximum atomic E-state index is 11.3. The molecular formula is C4H5FO3. The molecule has 0 aromatic heterocycles. The summed E-state index contributed by atoms with van der Waals surface area (Å²) in [6.45, 7) is 1.97. The van der Waals surface area contributed by atoms with Gasteiger partial charge in [-0.15, -0.1) is 0 Å². The molecular weight excluding hydrogens is 115 g/mol. The van der Waals surface area contributed by atoms with Crippen LogP contribution >= 0.6 is 0 Å². The van der Waals surface area contributed by atoms with E-state index in [-0.39, 0.29) is 0 Å². The van der Waals surface area contributed by atoms with Crippen LogP contribution in [0.5, 0.6) is 0 Å². The fourth-order valence-corrected chi connectivity index (χ4v) is 0.151. The number of allylic oxidation sites excluding steroid dienone is 1. The van der Waals surface area contributed by atoms with Crippen molar-refractivity contribution in [2.45, 2.75) is 0 Å². The molecule has 0 atom stereocenters. The van der Waals surface area contributed by atoms with E-state index < -0.39 is 18.6 Å². The molecule has 0 bridgehead atoms. The largest absolute Gasteiger partial charge is 0.511 e. The summed E-state index contributed by atoms with van der Waals surface area (Å²) < 4.78 is 15.0. The topological polar surface area (TPSA) is 46.5 Å². The number of alkyl halides is 1. The van der Waals surface area contributed by atoms with Crippen LogP contribution < -0.4 is 0 Å². The first-order valence-electron chi connectivity index (χ1n) is 1.81. The standard InChI is InChI=1S/C4H5FO3/c1-3(2-5)8-4(6)7/h1-2H2,(H,6,7). The van der Waals surface area contributed by atoms with Crippen LogP contribution in [0.25, 0.3) is 0 Å². The third kappa shape index (κ3) is 3.14. The highest BCUT2D eigenvalue weighted by Gasteiger charge is 1.98. The number of hydrogen-bond acceptors (Lipinski definition) is 2. The van der Waals surface area contributed by atoms with Crippen molar-refractivity contribution in [3.8, 4) is 0 Å². The van der Waals surface area contributed by atoms with Crippen molar-refractivity contribution >= 4 is 6.16 Å². The van der Waals surface area contributed by atoms with E-state index >= 15 is 0 Å². The van der Waals surface area contributed by atoms with Gasteiger partial charge in [0.2, 0.25) is 0 Å². The summed E-state index contributed by atoms with van der Waals surface area (Å²) in [5.41, 5.74) is 0. The third-order valence-corrected chi connectivity index (χ3v) is 0.381. The molecule has 0 rings (SSSR count). The average Bonchev–Trinajstić information content (AvgIpc) is 1.65. The van der Waals surface area contributed by atoms with E-state index in [1.54, 1.807) is 0 Å². The van der Waals surface area contributed by atoms with Gasteiger partial charge in [-0.05, 0) is 0 Å². The molecule has 8 heavy (non-hydrogen) atoms. The molecule has 0 spiro atoms. The van der Waals surface area contributed by atoms with E-state index in [0.29, 0.717) is 0 Å². The number of carboxylic acid groups (broad SMARTS) is 1. The summed E-state index contributed by atoms with van der Waals surface area (Å²) in [6.07, 6.45) is -1.53. The molecule has 0 radical (unpaired) electrons. The molecule has 46 valence electrons. The highest BCUT2D eigenvalue weighted by Crippen LogP contribution is 1.92. The fraction of sp³-hybridized carbons (Fsp3) is 0.250. The van der Waals surface area contributed by atoms with Crippen LogP contribution in [0.2, 0.25) is 0 Å². The molecule has 4 heteroatoms. The minimum atomic E-state index is -1.53. The predicted octanol–water partition coefficient (Wildman–Crippen LogP) is 1.16. The lowest BCUT2D eigenvalue weighted by atomic mass is 10.6. The zero-order valence-corrected chi connectivity index (χ0v) is 4.06. The first-order chi connectivity index (χ1) is 3.66. The van der Waals surface area contributed by atoms with Crippen LogP contribution in [-0.2, 0) is 4.74 Å². The lowest BCUT2D eigenvalue weighted by molar-refractivity contribution is 0.114. The van der Waals surface area contributed by atoms with Crippen molar-refractivity contribution in [3.63, 3.8) is 0 Å². The Morgan fingerprint density at radius 3 is 2.50 bits per heavy atom. The van der Waals surface area contributed by atoms with Crippen molar-refractivity contribution in [1.29, 1.82) is 0 Å². The second kappa shape index (κ2) is 3.01. The van der Waals surface area contributed by atoms with Gasteiger partial charge in [-0.3, -0.25) is 0 Å². The molecule has 0 saturated carbocycles. The second-order valence-corrected chi connectivity index (χ2v) is 1.04. The van der Waals surface area contributed by atoms with Gasteiger partial charge in [0.05, 0.1) is 0 Å². The lowest BCUT2D eigenvalue weighted by Crippen LogP contribution is -1.99. The lowest BCUT2D eigenvalue weighted by Gasteiger charge is -1.94. The minimum absolute atomic E-state index is 0.391. The molecule has 0 aromatic rings. The number of ether oxygens (including phenoxy) is 1. The van der Waals surface area contributed by atoms with Crippen molar-refractivity contribution in [2.75, 3.05) is 6.67 Å². The zero-order valence-electron chi connectivity index (χ0n) is 4.06. The van der Waals surface area contributed by atoms with Gasteiger partial charge in [0.25, 0.3) is 0 Å². The molecule has 0 aromatic carbocycles. The Kier molecular flexibility index (Phi) is 2.61. The van der Waals surface area contributed by atoms with Crippen LogP contribution in [0.1, 0.15) is 0 Å². The van der Waals surface area contributed by atoms with Gasteiger partial charge < -0.3 is 9.84 Å². The van der Waals surface area contributed by atoms with Crippen molar-refractivity contribution in [3.05, 3.63) is 12.3 Å². The Morgan fingerprint density at radius 1 is 1.88 bits per heavy atom. The average molecular weight is 120 g/mol. The molecule has 0 aliphatic heterocycles. The summed E-state index contributed by atoms with van der Waals surface area (Å²) in [5.74, 6) is -0.391. The molecule has 0 aliphatic carbocycles. The van der Waals surface area contributed by atoms with Gasteiger partial charge in [0.15, 0.2) is 0 Å². The van der Waals surface area contributed by atoms with Gasteiger partial charge in [-0.25, -0.2) is 9.18 Å². The monoisotopic (exact) mass is 120 g/mol. The molecule has 0 fully saturated rings. The normalized spacial score (nSPS) is 8.12. The summed E-state index contributed by atoms with van der Waals surface area (Å²) >= 11 is 0. The maximum absolute atomic E-state index is 11.3. The van der Waals surface area contributed by atoms with Crippen LogP contribution in [0.3, 0.4) is 0 Å². The summed E-state index contributed by atoms with van der Waals surface area (Å²) in [6, 6.07) is 0. The SMILES string of the molecule is C=C(CF)OC(=O)O. The fourth-order valence-electron chi connectivity index (χ4n) is 0.151. The number of rotatable bonds is 2. The van der Waals surface area contributed by atoms with E-state index in [1.165, 1.54) is 0 Å². The molecule has 0 saturated heterocycles. The molecule has 0 aliphatic rings. The van der Waals surface area contributed by atoms with E-state index in [1.807, 2.05) is 0 Å². The number of halogens is 1. The van der Waals surface area contributed by atoms with Gasteiger partial charge in [-0.2, -0.15) is 0 Å². The molecule has 1 N–H and O–H groups in total. The van der Waals surface area contributed by atoms with Crippen LogP contribution in [-0.4, -0.2) is 17.9 Å². The quantitative estimate of drug-likeness (QED) is 0.439. The van der Waals surface area contributed by atoms with E-state index in [0.717, 1.165) is 0 Å². The molecule has 0 amide bonds. The summed E-state index contributed by atoms with van der Waals surface area (Å²) in [5, 5.41) is 7.77. The number of carbonyl (C=O) groups is 1. The first kappa shape index (κ1) is 6.94.